The van der Waals surface area contributed by atoms with Crippen molar-refractivity contribution in [3.05, 3.63) is 83.2 Å². The summed E-state index contributed by atoms with van der Waals surface area (Å²) in [5, 5.41) is 11.6. The summed E-state index contributed by atoms with van der Waals surface area (Å²) in [4.78, 5) is 32.6. The van der Waals surface area contributed by atoms with Crippen molar-refractivity contribution in [3.8, 4) is 17.2 Å². The lowest BCUT2D eigenvalue weighted by Crippen LogP contribution is -2.29. The molecule has 1 N–H and O–H groups in total. The molecule has 0 saturated carbocycles. The van der Waals surface area contributed by atoms with Gasteiger partial charge in [0.15, 0.2) is 16.6 Å². The number of fused-ring (bicyclic) bond motifs is 2. The molecule has 1 fully saturated rings. The Balaban J connectivity index is 1.52. The van der Waals surface area contributed by atoms with Crippen LogP contribution >= 0.6 is 11.3 Å². The summed E-state index contributed by atoms with van der Waals surface area (Å²) >= 11 is 1.17. The van der Waals surface area contributed by atoms with Crippen molar-refractivity contribution >= 4 is 44.1 Å². The molecule has 4 aromatic rings. The van der Waals surface area contributed by atoms with E-state index in [1.165, 1.54) is 35.6 Å². The van der Waals surface area contributed by atoms with Crippen molar-refractivity contribution < 1.29 is 33.3 Å². The number of halogens is 1. The number of hydrogen-bond donors (Lipinski definition) is 1. The Bertz CT molecular complexity index is 1630. The summed E-state index contributed by atoms with van der Waals surface area (Å²) in [6, 6.07) is 14.6. The Morgan fingerprint density at radius 3 is 2.68 bits per heavy atom. The van der Waals surface area contributed by atoms with E-state index >= 15 is 4.39 Å². The van der Waals surface area contributed by atoms with Crippen molar-refractivity contribution in [3.63, 3.8) is 0 Å². The minimum atomic E-state index is -1.24. The van der Waals surface area contributed by atoms with E-state index in [-0.39, 0.29) is 21.8 Å². The fourth-order valence-corrected chi connectivity index (χ4v) is 5.64. The van der Waals surface area contributed by atoms with E-state index in [2.05, 4.69) is 4.98 Å². The highest BCUT2D eigenvalue weighted by Crippen LogP contribution is 2.45. The molecule has 3 aromatic carbocycles. The van der Waals surface area contributed by atoms with Gasteiger partial charge in [-0.3, -0.25) is 14.5 Å². The third-order valence-electron chi connectivity index (χ3n) is 6.33. The Morgan fingerprint density at radius 2 is 1.89 bits per heavy atom. The molecule has 3 heterocycles. The molecule has 0 radical (unpaired) electrons. The summed E-state index contributed by atoms with van der Waals surface area (Å²) in [6.45, 7) is 3.08. The van der Waals surface area contributed by atoms with Gasteiger partial charge in [0.2, 0.25) is 0 Å². The molecule has 0 spiro atoms. The maximum Gasteiger partial charge on any atom is 0.301 e. The Kier molecular flexibility index (Phi) is 5.96. The molecule has 38 heavy (non-hydrogen) atoms. The van der Waals surface area contributed by atoms with Crippen molar-refractivity contribution in [2.24, 2.45) is 0 Å². The first-order valence-electron chi connectivity index (χ1n) is 11.9. The van der Waals surface area contributed by atoms with Gasteiger partial charge in [-0.1, -0.05) is 29.5 Å². The zero-order valence-electron chi connectivity index (χ0n) is 20.1. The van der Waals surface area contributed by atoms with Crippen LogP contribution in [0.5, 0.6) is 17.2 Å². The number of rotatable bonds is 5. The number of aliphatic hydroxyl groups is 1. The monoisotopic (exact) mass is 532 g/mol. The molecule has 0 bridgehead atoms. The van der Waals surface area contributed by atoms with Crippen LogP contribution in [0.1, 0.15) is 24.1 Å². The summed E-state index contributed by atoms with van der Waals surface area (Å²) in [7, 11) is 0. The summed E-state index contributed by atoms with van der Waals surface area (Å²) in [6.07, 6.45) is 0. The molecule has 8 nitrogen and oxygen atoms in total. The summed E-state index contributed by atoms with van der Waals surface area (Å²) in [5.74, 6) is -1.40. The highest BCUT2D eigenvalue weighted by molar-refractivity contribution is 7.22. The smallest absolute Gasteiger partial charge is 0.301 e. The van der Waals surface area contributed by atoms with Gasteiger partial charge >= 0.3 is 5.91 Å². The van der Waals surface area contributed by atoms with E-state index in [1.807, 2.05) is 6.92 Å². The maximum absolute atomic E-state index is 15.2. The van der Waals surface area contributed by atoms with Gasteiger partial charge in [-0.25, -0.2) is 9.37 Å². The number of nitrogens with zero attached hydrogens (tertiary/aromatic N) is 2. The third-order valence-corrected chi connectivity index (χ3v) is 7.34. The molecule has 1 aromatic heterocycles. The molecule has 2 aliphatic heterocycles. The lowest BCUT2D eigenvalue weighted by molar-refractivity contribution is -0.132. The van der Waals surface area contributed by atoms with Gasteiger partial charge in [-0.05, 0) is 49.4 Å². The minimum Gasteiger partial charge on any atom is -0.507 e. The number of anilines is 1. The molecule has 2 aliphatic rings. The first-order chi connectivity index (χ1) is 18.5. The highest BCUT2D eigenvalue weighted by Gasteiger charge is 2.49. The van der Waals surface area contributed by atoms with Crippen LogP contribution in [-0.4, -0.2) is 41.6 Å². The maximum atomic E-state index is 15.2. The molecule has 1 saturated heterocycles. The van der Waals surface area contributed by atoms with Gasteiger partial charge in [0, 0.05) is 11.1 Å². The number of Topliss-reactive ketones (excluding diaryl/α,β-unsaturated/α-hetero) is 1. The Morgan fingerprint density at radius 1 is 1.11 bits per heavy atom. The number of ketones is 1. The largest absolute Gasteiger partial charge is 0.507 e. The summed E-state index contributed by atoms with van der Waals surface area (Å²) < 4.78 is 32.6. The minimum absolute atomic E-state index is 0.0556. The van der Waals surface area contributed by atoms with Crippen molar-refractivity contribution in [1.29, 1.82) is 0 Å². The number of aliphatic hydroxyl groups excluding tert-OH is 1. The van der Waals surface area contributed by atoms with Crippen LogP contribution in [0.2, 0.25) is 0 Å². The normalized spacial score (nSPS) is 18.3. The Hall–Kier alpha value is -4.44. The predicted molar refractivity (Wildman–Crippen MR) is 139 cm³/mol. The lowest BCUT2D eigenvalue weighted by Gasteiger charge is -2.23. The van der Waals surface area contributed by atoms with Crippen LogP contribution in [0.4, 0.5) is 9.52 Å². The van der Waals surface area contributed by atoms with E-state index in [0.717, 1.165) is 9.60 Å². The number of carbonyl (C=O) groups excluding carboxylic acids is 2. The average Bonchev–Trinajstić information content (AvgIpc) is 3.46. The van der Waals surface area contributed by atoms with E-state index in [1.54, 1.807) is 36.4 Å². The van der Waals surface area contributed by atoms with Crippen LogP contribution in [0, 0.1) is 5.82 Å². The number of carbonyl (C=O) groups is 2. The zero-order valence-corrected chi connectivity index (χ0v) is 21.0. The lowest BCUT2D eigenvalue weighted by atomic mass is 9.95. The summed E-state index contributed by atoms with van der Waals surface area (Å²) in [5.41, 5.74) is 0.639. The van der Waals surface area contributed by atoms with Gasteiger partial charge in [0.1, 0.15) is 36.6 Å². The van der Waals surface area contributed by atoms with Crippen molar-refractivity contribution in [2.75, 3.05) is 24.7 Å². The molecule has 0 aliphatic carbocycles. The first kappa shape index (κ1) is 23.9. The van der Waals surface area contributed by atoms with Crippen LogP contribution < -0.4 is 19.1 Å². The van der Waals surface area contributed by atoms with Gasteiger partial charge in [-0.15, -0.1) is 0 Å². The molecule has 1 unspecified atom stereocenters. The van der Waals surface area contributed by atoms with Gasteiger partial charge in [0.05, 0.1) is 22.4 Å². The highest BCUT2D eigenvalue weighted by atomic mass is 32.1. The zero-order chi connectivity index (χ0) is 26.4. The van der Waals surface area contributed by atoms with E-state index < -0.39 is 29.3 Å². The fourth-order valence-electron chi connectivity index (χ4n) is 4.62. The first-order valence-corrected chi connectivity index (χ1v) is 12.8. The number of aromatic nitrogens is 1. The van der Waals surface area contributed by atoms with Crippen LogP contribution in [0.15, 0.2) is 66.2 Å². The second kappa shape index (κ2) is 9.46. The topological polar surface area (TPSA) is 98.2 Å². The molecule has 192 valence electrons. The molecule has 1 amide bonds. The number of hydrogen-bond acceptors (Lipinski definition) is 8. The molecule has 6 rings (SSSR count). The number of amides is 1. The molecule has 1 atom stereocenters. The predicted octanol–water partition coefficient (Wildman–Crippen LogP) is 5.23. The van der Waals surface area contributed by atoms with Crippen LogP contribution in [-0.2, 0) is 9.59 Å². The number of thiazole rings is 1. The molecule has 10 heteroatoms. The van der Waals surface area contributed by atoms with Crippen molar-refractivity contribution in [2.45, 2.75) is 13.0 Å². The van der Waals surface area contributed by atoms with Gasteiger partial charge in [0.25, 0.3) is 5.78 Å². The standard InChI is InChI=1S/C28H21FN2O6S/c1-2-35-16-8-9-19-22(14-16)38-28(30-19)31-24(17-5-3-4-6-18(17)29)23(26(33)27(31)34)25(32)15-7-10-20-21(13-15)37-12-11-36-20/h3-10,13-14,24,32H,2,11-12H2,1H3/b25-23-. The van der Waals surface area contributed by atoms with E-state index in [4.69, 9.17) is 14.2 Å². The Labute approximate surface area is 220 Å². The second-order valence-corrected chi connectivity index (χ2v) is 9.62. The number of benzene rings is 3. The SMILES string of the molecule is CCOc1ccc2nc(N3C(=O)C(=O)/C(=C(\O)c4ccc5c(c4)OCCO5)C3c3ccccc3F)sc2c1. The van der Waals surface area contributed by atoms with Crippen molar-refractivity contribution in [1.82, 2.24) is 4.98 Å². The third kappa shape index (κ3) is 3.93. The van der Waals surface area contributed by atoms with Gasteiger partial charge in [-0.2, -0.15) is 0 Å². The molecular weight excluding hydrogens is 511 g/mol. The average molecular weight is 533 g/mol. The van der Waals surface area contributed by atoms with Gasteiger partial charge < -0.3 is 19.3 Å². The fraction of sp³-hybridized carbons (Fsp3) is 0.179. The number of ether oxygens (including phenoxy) is 3. The van der Waals surface area contributed by atoms with Crippen LogP contribution in [0.25, 0.3) is 16.0 Å². The molecular formula is C28H21FN2O6S. The second-order valence-electron chi connectivity index (χ2n) is 8.61. The quantitative estimate of drug-likeness (QED) is 0.213. The van der Waals surface area contributed by atoms with E-state index in [0.29, 0.717) is 42.6 Å². The van der Waals surface area contributed by atoms with E-state index in [9.17, 15) is 14.7 Å². The van der Waals surface area contributed by atoms with Crippen LogP contribution in [0.3, 0.4) is 0 Å².